The number of nitrogens with one attached hydrogen (secondary N) is 3. The van der Waals surface area contributed by atoms with Gasteiger partial charge in [-0.05, 0) is 13.0 Å². The first kappa shape index (κ1) is 49.6. The molecule has 1 amide bonds. The van der Waals surface area contributed by atoms with Gasteiger partial charge in [0.1, 0.15) is 42.7 Å². The largest absolute Gasteiger partial charge is 0.756 e. The van der Waals surface area contributed by atoms with Crippen molar-refractivity contribution in [3.63, 3.8) is 0 Å². The molecule has 0 aliphatic carbocycles. The Morgan fingerprint density at radius 2 is 1.58 bits per heavy atom. The molecular weight excluding hydrogens is 1000 g/mol. The van der Waals surface area contributed by atoms with E-state index in [1.54, 1.807) is 0 Å². The molecule has 3 aliphatic rings. The number of aromatic amines is 2. The fourth-order valence-corrected chi connectivity index (χ4v) is 10.6. The third-order valence-corrected chi connectivity index (χ3v) is 14.4. The maximum atomic E-state index is 13.1. The zero-order valence-corrected chi connectivity index (χ0v) is 37.3. The standard InChI is InChI=1S/C31H36N11O24P3/c1-10(11-3-13-14(59-9-58-13)4-12(11)42(50)51)62-31(49)38-30-35-24-18(26(48)37-30)39(2)8-41(24)28-22(46)20(44)16(64-28)6-61-68(54,55)66-69(56,57)65-67(52,53)60-5-15-19(43)21(45)27(63-15)40-7-33-17-23(40)34-29(32)36-25(17)47/h3-4,7-8,10,15-16,19-22,27-28,43-46H,5-6,9H2,1-2H3,(H7-,32,34,35,36,37,38,47,48,49,52,53,54,55,56,57)/p-2/t10?,15-,16-,19?,20?,21?,22?,27-,28-/m1/s1. The average molecular weight is 1040 g/mol. The van der Waals surface area contributed by atoms with Crippen LogP contribution in [0.1, 0.15) is 31.0 Å². The summed E-state index contributed by atoms with van der Waals surface area (Å²) in [5, 5.41) is 56.6. The van der Waals surface area contributed by atoms with E-state index in [0.29, 0.717) is 0 Å². The van der Waals surface area contributed by atoms with Crippen LogP contribution in [0, 0.1) is 10.1 Å². The van der Waals surface area contributed by atoms with E-state index in [0.717, 1.165) is 27.9 Å². The number of rotatable bonds is 16. The number of phosphoric ester groups is 2. The first-order valence-corrected chi connectivity index (χ1v) is 23.7. The molecule has 2 saturated heterocycles. The number of H-pyrrole nitrogens is 2. The Kier molecular flexibility index (Phi) is 13.3. The van der Waals surface area contributed by atoms with Gasteiger partial charge in [-0.15, -0.1) is 0 Å². The number of nitrogens with two attached hydrogens (primary N) is 1. The van der Waals surface area contributed by atoms with Crippen LogP contribution in [0.2, 0.25) is 0 Å². The van der Waals surface area contributed by atoms with Crippen LogP contribution < -0.4 is 50.9 Å². The van der Waals surface area contributed by atoms with E-state index in [4.69, 9.17) is 29.4 Å². The van der Waals surface area contributed by atoms with Crippen LogP contribution >= 0.6 is 23.5 Å². The molecule has 5 aromatic rings. The minimum absolute atomic E-state index is 0.0742. The second kappa shape index (κ2) is 18.5. The van der Waals surface area contributed by atoms with Crippen molar-refractivity contribution in [2.75, 3.05) is 31.1 Å². The number of imidazole rings is 2. The van der Waals surface area contributed by atoms with Crippen molar-refractivity contribution >= 4 is 69.5 Å². The number of aliphatic hydroxyl groups excluding tert-OH is 4. The Labute approximate surface area is 380 Å². The number of phosphoric acid groups is 3. The fourth-order valence-electron chi connectivity index (χ4n) is 7.24. The summed E-state index contributed by atoms with van der Waals surface area (Å²) >= 11 is 0. The summed E-state index contributed by atoms with van der Waals surface area (Å²) in [5.41, 5.74) is 2.39. The molecule has 12 atom stereocenters. The number of nitro benzene ring substituents is 1. The van der Waals surface area contributed by atoms with E-state index in [9.17, 15) is 73.3 Å². The Morgan fingerprint density at radius 3 is 2.23 bits per heavy atom. The fraction of sp³-hybridized carbons (Fsp3) is 0.452. The number of benzene rings is 1. The number of anilines is 2. The molecule has 2 fully saturated rings. The highest BCUT2D eigenvalue weighted by atomic mass is 31.3. The molecule has 7 heterocycles. The Bertz CT molecular complexity index is 3130. The number of hydrogen-bond acceptors (Lipinski definition) is 28. The molecule has 0 bridgehead atoms. The van der Waals surface area contributed by atoms with E-state index in [2.05, 4.69) is 47.9 Å². The number of ether oxygens (including phenoxy) is 5. The lowest BCUT2D eigenvalue weighted by molar-refractivity contribution is -0.745. The lowest BCUT2D eigenvalue weighted by atomic mass is 10.1. The van der Waals surface area contributed by atoms with Gasteiger partial charge in [-0.3, -0.25) is 52.5 Å². The van der Waals surface area contributed by atoms with Gasteiger partial charge < -0.3 is 73.6 Å². The molecule has 35 nitrogen and oxygen atoms in total. The Hall–Kier alpha value is -5.84. The number of carbonyl (C=O) groups excluding carboxylic acids is 1. The van der Waals surface area contributed by atoms with Crippen molar-refractivity contribution in [1.29, 1.82) is 0 Å². The molecule has 69 heavy (non-hydrogen) atoms. The number of carbonyl (C=O) groups is 1. The van der Waals surface area contributed by atoms with Gasteiger partial charge >= 0.3 is 11.7 Å². The van der Waals surface area contributed by atoms with Crippen LogP contribution in [-0.2, 0) is 52.6 Å². The third-order valence-electron chi connectivity index (χ3n) is 10.3. The Morgan fingerprint density at radius 1 is 0.957 bits per heavy atom. The van der Waals surface area contributed by atoms with Gasteiger partial charge in [0.15, 0.2) is 35.2 Å². The van der Waals surface area contributed by atoms with Crippen LogP contribution in [0.3, 0.4) is 0 Å². The van der Waals surface area contributed by atoms with E-state index < -0.39 is 126 Å². The third kappa shape index (κ3) is 10.1. The smallest absolute Gasteiger partial charge is 0.415 e. The van der Waals surface area contributed by atoms with Crippen LogP contribution in [0.15, 0.2) is 34.4 Å². The summed E-state index contributed by atoms with van der Waals surface area (Å²) in [6.45, 7) is -1.44. The maximum absolute atomic E-state index is 13.1. The van der Waals surface area contributed by atoms with Gasteiger partial charge in [0.2, 0.25) is 24.5 Å². The monoisotopic (exact) mass is 1040 g/mol. The van der Waals surface area contributed by atoms with Crippen LogP contribution in [-0.4, -0.2) is 122 Å². The molecule has 374 valence electrons. The van der Waals surface area contributed by atoms with Crippen molar-refractivity contribution in [3.05, 3.63) is 61.2 Å². The van der Waals surface area contributed by atoms with E-state index in [1.807, 2.05) is 0 Å². The molecule has 0 radical (unpaired) electrons. The zero-order valence-electron chi connectivity index (χ0n) is 34.6. The first-order chi connectivity index (χ1) is 32.3. The molecule has 0 saturated carbocycles. The second-order valence-corrected chi connectivity index (χ2v) is 19.4. The van der Waals surface area contributed by atoms with Gasteiger partial charge in [-0.1, -0.05) is 4.98 Å². The number of aryl methyl sites for hydroxylation is 1. The molecule has 1 aromatic carbocycles. The van der Waals surface area contributed by atoms with Crippen molar-refractivity contribution in [2.45, 2.75) is 62.1 Å². The van der Waals surface area contributed by atoms with Gasteiger partial charge in [-0.2, -0.15) is 4.98 Å². The molecule has 3 aliphatic heterocycles. The molecule has 8 unspecified atom stereocenters. The summed E-state index contributed by atoms with van der Waals surface area (Å²) in [6, 6.07) is 2.34. The summed E-state index contributed by atoms with van der Waals surface area (Å²) in [7, 11) is -17.4. The van der Waals surface area contributed by atoms with Crippen molar-refractivity contribution in [1.82, 2.24) is 34.1 Å². The van der Waals surface area contributed by atoms with Crippen molar-refractivity contribution in [2.24, 2.45) is 7.05 Å². The lowest BCUT2D eigenvalue weighted by Gasteiger charge is -2.34. The minimum atomic E-state index is -6.48. The van der Waals surface area contributed by atoms with Gasteiger partial charge in [0.05, 0.1) is 43.1 Å². The Balaban J connectivity index is 0.873. The summed E-state index contributed by atoms with van der Waals surface area (Å²) in [4.78, 5) is 103. The maximum Gasteiger partial charge on any atom is 0.415 e. The number of nitrogen functional groups attached to an aromatic ring is 1. The van der Waals surface area contributed by atoms with Crippen molar-refractivity contribution < 1.29 is 104 Å². The number of fused-ring (bicyclic) bond motifs is 3. The number of amides is 1. The van der Waals surface area contributed by atoms with Gasteiger partial charge in [0, 0.05) is 0 Å². The molecular formula is C31H34N11O24P3-2. The molecule has 0 spiro atoms. The highest BCUT2D eigenvalue weighted by Crippen LogP contribution is 2.63. The number of nitro groups is 1. The predicted molar refractivity (Wildman–Crippen MR) is 211 cm³/mol. The summed E-state index contributed by atoms with van der Waals surface area (Å²) < 4.78 is 83.8. The van der Waals surface area contributed by atoms with E-state index in [-0.39, 0.29) is 52.1 Å². The zero-order chi connectivity index (χ0) is 50.1. The SMILES string of the molecule is CC(OC(=O)Nc1nc2c(c(=O)[nH]1)n(C)c[n+]2[C@@H]1O[C@H](COP(=O)([O-])OP(=O)([O-])OP(=O)([O-])OC[C@H]2O[C@@H](n3cnc4c(=O)[nH]c(N)nc43)C(O)C2O)C(O)C1O)c1cc2c(cc1[N+](=O)[O-])OCO2. The van der Waals surface area contributed by atoms with Gasteiger partial charge in [0.25, 0.3) is 46.2 Å². The number of aromatic nitrogens is 8. The quantitative estimate of drug-likeness (QED) is 0.0202. The highest BCUT2D eigenvalue weighted by molar-refractivity contribution is 7.65. The number of hydrogen-bond donors (Lipinski definition) is 8. The normalized spacial score (nSPS) is 26.4. The minimum Gasteiger partial charge on any atom is -0.756 e. The van der Waals surface area contributed by atoms with Crippen LogP contribution in [0.5, 0.6) is 11.5 Å². The second-order valence-electron chi connectivity index (χ2n) is 14.9. The van der Waals surface area contributed by atoms with Gasteiger partial charge in [-0.25, -0.2) is 28.3 Å². The number of nitrogens with zero attached hydrogens (tertiary/aromatic N) is 7. The highest BCUT2D eigenvalue weighted by Gasteiger charge is 2.48. The average Bonchev–Trinajstić information content (AvgIpc) is 4.07. The number of aliphatic hydroxyl groups is 4. The van der Waals surface area contributed by atoms with E-state index >= 15 is 0 Å². The molecule has 9 N–H and O–H groups in total. The topological polar surface area (TPSA) is 501 Å². The van der Waals surface area contributed by atoms with Crippen LogP contribution in [0.4, 0.5) is 22.4 Å². The van der Waals surface area contributed by atoms with E-state index in [1.165, 1.54) is 24.6 Å². The molecule has 38 heteroatoms. The lowest BCUT2D eigenvalue weighted by Crippen LogP contribution is -2.46. The van der Waals surface area contributed by atoms with Crippen molar-refractivity contribution in [3.8, 4) is 11.5 Å². The molecule has 4 aromatic heterocycles. The summed E-state index contributed by atoms with van der Waals surface area (Å²) in [6.07, 6.45) is -15.0. The first-order valence-electron chi connectivity index (χ1n) is 19.3. The van der Waals surface area contributed by atoms with Crippen LogP contribution in [0.25, 0.3) is 22.3 Å². The predicted octanol–water partition coefficient (Wildman–Crippen LogP) is -4.08. The molecule has 8 rings (SSSR count). The summed E-state index contributed by atoms with van der Waals surface area (Å²) in [5.74, 6) is -0.655.